The molecule has 0 aliphatic heterocycles. The van der Waals surface area contributed by atoms with Crippen LogP contribution in [0.15, 0.2) is 0 Å². The van der Waals surface area contributed by atoms with Crippen molar-refractivity contribution >= 4 is 10.1 Å². The Morgan fingerprint density at radius 2 is 1.57 bits per heavy atom. The summed E-state index contributed by atoms with van der Waals surface area (Å²) in [7, 11) is -4.29. The maximum Gasteiger partial charge on any atom is 0.455 e. The molecular formula is C5H7F5O3S. The topological polar surface area (TPSA) is 43.4 Å². The predicted molar refractivity (Wildman–Crippen MR) is 36.4 cm³/mol. The molecule has 0 aromatic heterocycles. The smallest absolute Gasteiger partial charge is 0.263 e. The second-order valence-corrected chi connectivity index (χ2v) is 4.24. The molecule has 0 spiro atoms. The third-order valence-corrected chi connectivity index (χ3v) is 2.37. The first-order chi connectivity index (χ1) is 6.02. The molecular weight excluding hydrogens is 235 g/mol. The first-order valence-corrected chi connectivity index (χ1v) is 4.91. The summed E-state index contributed by atoms with van der Waals surface area (Å²) in [6.07, 6.45) is -5.81. The quantitative estimate of drug-likeness (QED) is 0.555. The molecule has 0 unspecified atom stereocenters. The van der Waals surface area contributed by atoms with E-state index in [1.54, 1.807) is 0 Å². The molecule has 0 saturated carbocycles. The van der Waals surface area contributed by atoms with Crippen LogP contribution in [-0.4, -0.2) is 32.9 Å². The standard InChI is InChI=1S/C5H7F5O3S/c1-2-14(11,12)13-3-4(6,7)5(8,9)10/h2-3H2,1H3. The lowest BCUT2D eigenvalue weighted by atomic mass is 10.3. The zero-order valence-corrected chi connectivity index (χ0v) is 7.75. The molecule has 0 saturated heterocycles. The molecule has 0 heterocycles. The first kappa shape index (κ1) is 13.6. The monoisotopic (exact) mass is 242 g/mol. The van der Waals surface area contributed by atoms with E-state index in [0.29, 0.717) is 0 Å². The number of halogens is 5. The second kappa shape index (κ2) is 3.97. The van der Waals surface area contributed by atoms with Gasteiger partial charge in [0.15, 0.2) is 0 Å². The Labute approximate surface area is 77.0 Å². The summed E-state index contributed by atoms with van der Waals surface area (Å²) in [5, 5.41) is 0. The Morgan fingerprint density at radius 3 is 1.86 bits per heavy atom. The second-order valence-electron chi connectivity index (χ2n) is 2.31. The maximum atomic E-state index is 12.1. The third kappa shape index (κ3) is 3.74. The Hall–Kier alpha value is -0.440. The largest absolute Gasteiger partial charge is 0.455 e. The lowest BCUT2D eigenvalue weighted by Gasteiger charge is -2.18. The van der Waals surface area contributed by atoms with Crippen LogP contribution >= 0.6 is 0 Å². The fraction of sp³-hybridized carbons (Fsp3) is 1.00. The summed E-state index contributed by atoms with van der Waals surface area (Å²) in [6, 6.07) is 0. The van der Waals surface area contributed by atoms with Crippen molar-refractivity contribution in [3.8, 4) is 0 Å². The van der Waals surface area contributed by atoms with Crippen molar-refractivity contribution in [1.82, 2.24) is 0 Å². The summed E-state index contributed by atoms with van der Waals surface area (Å²) in [6.45, 7) is -1.16. The van der Waals surface area contributed by atoms with Gasteiger partial charge in [0.25, 0.3) is 10.1 Å². The summed E-state index contributed by atoms with van der Waals surface area (Å²) in [5.74, 6) is -5.82. The van der Waals surface area contributed by atoms with E-state index in [1.165, 1.54) is 0 Å². The van der Waals surface area contributed by atoms with Gasteiger partial charge in [-0.1, -0.05) is 0 Å². The molecule has 0 amide bonds. The molecule has 0 aliphatic carbocycles. The van der Waals surface area contributed by atoms with Crippen molar-refractivity contribution in [2.24, 2.45) is 0 Å². The zero-order chi connectivity index (χ0) is 11.6. The SMILES string of the molecule is CCS(=O)(=O)OCC(F)(F)C(F)(F)F. The fourth-order valence-corrected chi connectivity index (χ4v) is 0.823. The van der Waals surface area contributed by atoms with Gasteiger partial charge in [0.05, 0.1) is 5.75 Å². The summed E-state index contributed by atoms with van der Waals surface area (Å²) in [4.78, 5) is 0. The van der Waals surface area contributed by atoms with E-state index in [-0.39, 0.29) is 0 Å². The van der Waals surface area contributed by atoms with Crippen molar-refractivity contribution in [1.29, 1.82) is 0 Å². The molecule has 9 heteroatoms. The highest BCUT2D eigenvalue weighted by Gasteiger charge is 2.58. The minimum atomic E-state index is -5.81. The van der Waals surface area contributed by atoms with Gasteiger partial charge in [-0.05, 0) is 6.92 Å². The van der Waals surface area contributed by atoms with Crippen molar-refractivity contribution in [3.05, 3.63) is 0 Å². The van der Waals surface area contributed by atoms with Crippen LogP contribution < -0.4 is 0 Å². The first-order valence-electron chi connectivity index (χ1n) is 3.33. The molecule has 14 heavy (non-hydrogen) atoms. The molecule has 0 aromatic carbocycles. The molecule has 0 aromatic rings. The van der Waals surface area contributed by atoms with Crippen molar-refractivity contribution < 1.29 is 34.6 Å². The summed E-state index contributed by atoms with van der Waals surface area (Å²) >= 11 is 0. The van der Waals surface area contributed by atoms with Crippen LogP contribution in [0.3, 0.4) is 0 Å². The van der Waals surface area contributed by atoms with Crippen LogP contribution in [-0.2, 0) is 14.3 Å². The van der Waals surface area contributed by atoms with Gasteiger partial charge in [-0.25, -0.2) is 0 Å². The van der Waals surface area contributed by atoms with E-state index >= 15 is 0 Å². The number of hydrogen-bond acceptors (Lipinski definition) is 3. The van der Waals surface area contributed by atoms with Crippen molar-refractivity contribution in [2.75, 3.05) is 12.4 Å². The van der Waals surface area contributed by atoms with Gasteiger partial charge in [0, 0.05) is 0 Å². The number of rotatable bonds is 4. The molecule has 0 rings (SSSR count). The Bertz CT molecular complexity index is 280. The Balaban J connectivity index is 4.42. The van der Waals surface area contributed by atoms with Crippen molar-refractivity contribution in [3.63, 3.8) is 0 Å². The zero-order valence-electron chi connectivity index (χ0n) is 6.94. The van der Waals surface area contributed by atoms with Crippen LogP contribution in [0.5, 0.6) is 0 Å². The van der Waals surface area contributed by atoms with Gasteiger partial charge in [0.2, 0.25) is 0 Å². The summed E-state index contributed by atoms with van der Waals surface area (Å²) in [5.41, 5.74) is 0. The van der Waals surface area contributed by atoms with Gasteiger partial charge in [0.1, 0.15) is 6.61 Å². The molecule has 0 aliphatic rings. The molecule has 0 atom stereocenters. The molecule has 0 fully saturated rings. The van der Waals surface area contributed by atoms with Crippen LogP contribution in [0.25, 0.3) is 0 Å². The highest BCUT2D eigenvalue weighted by Crippen LogP contribution is 2.35. The highest BCUT2D eigenvalue weighted by atomic mass is 32.2. The summed E-state index contributed by atoms with van der Waals surface area (Å²) < 4.78 is 83.0. The average Bonchev–Trinajstić information content (AvgIpc) is 1.99. The average molecular weight is 242 g/mol. The van der Waals surface area contributed by atoms with E-state index in [2.05, 4.69) is 4.18 Å². The van der Waals surface area contributed by atoms with Gasteiger partial charge < -0.3 is 0 Å². The fourth-order valence-electron chi connectivity index (χ4n) is 0.329. The molecule has 86 valence electrons. The van der Waals surface area contributed by atoms with Gasteiger partial charge in [-0.15, -0.1) is 0 Å². The van der Waals surface area contributed by atoms with E-state index in [1.807, 2.05) is 0 Å². The van der Waals surface area contributed by atoms with Crippen LogP contribution in [0, 0.1) is 0 Å². The lowest BCUT2D eigenvalue weighted by Crippen LogP contribution is -2.41. The van der Waals surface area contributed by atoms with Crippen LogP contribution in [0.4, 0.5) is 22.0 Å². The molecule has 0 N–H and O–H groups in total. The molecule has 0 bridgehead atoms. The number of alkyl halides is 5. The normalized spacial score (nSPS) is 14.4. The minimum absolute atomic E-state index is 0.666. The van der Waals surface area contributed by atoms with Gasteiger partial charge in [-0.3, -0.25) is 4.18 Å². The van der Waals surface area contributed by atoms with Crippen molar-refractivity contribution in [2.45, 2.75) is 19.0 Å². The Kier molecular flexibility index (Phi) is 3.85. The van der Waals surface area contributed by atoms with E-state index < -0.39 is 34.6 Å². The van der Waals surface area contributed by atoms with Gasteiger partial charge in [-0.2, -0.15) is 30.4 Å². The van der Waals surface area contributed by atoms with E-state index in [4.69, 9.17) is 0 Å². The molecule has 3 nitrogen and oxygen atoms in total. The minimum Gasteiger partial charge on any atom is -0.263 e. The van der Waals surface area contributed by atoms with Gasteiger partial charge >= 0.3 is 12.1 Å². The Morgan fingerprint density at radius 1 is 1.14 bits per heavy atom. The lowest BCUT2D eigenvalue weighted by molar-refractivity contribution is -0.289. The third-order valence-electron chi connectivity index (χ3n) is 1.19. The molecule has 0 radical (unpaired) electrons. The number of hydrogen-bond donors (Lipinski definition) is 0. The van der Waals surface area contributed by atoms with E-state index in [0.717, 1.165) is 6.92 Å². The van der Waals surface area contributed by atoms with E-state index in [9.17, 15) is 30.4 Å². The van der Waals surface area contributed by atoms with Crippen LogP contribution in [0.2, 0.25) is 0 Å². The maximum absolute atomic E-state index is 12.1. The van der Waals surface area contributed by atoms with Crippen LogP contribution in [0.1, 0.15) is 6.92 Å². The predicted octanol–water partition coefficient (Wildman–Crippen LogP) is 1.55. The highest BCUT2D eigenvalue weighted by molar-refractivity contribution is 7.86.